The van der Waals surface area contributed by atoms with Crippen LogP contribution in [0.4, 0.5) is 0 Å². The van der Waals surface area contributed by atoms with E-state index in [0.29, 0.717) is 24.5 Å². The van der Waals surface area contributed by atoms with Crippen LogP contribution in [0.1, 0.15) is 53.6 Å². The van der Waals surface area contributed by atoms with Crippen molar-refractivity contribution in [3.05, 3.63) is 114 Å². The van der Waals surface area contributed by atoms with E-state index in [1.54, 1.807) is 12.1 Å². The maximum atomic E-state index is 14.2. The largest absolute Gasteiger partial charge is 0.478 e. The third kappa shape index (κ3) is 4.07. The SMILES string of the molecule is CC1(C)C(c2ccc(C(=O)O)cc2)=CC[C@]2(C)CN(C(=O)c3c(-c4ccccc4)nc4ccccn34)CC=C12. The van der Waals surface area contributed by atoms with Crippen molar-refractivity contribution in [1.29, 1.82) is 0 Å². The molecule has 1 N–H and O–H groups in total. The molecule has 0 radical (unpaired) electrons. The molecule has 6 nitrogen and oxygen atoms in total. The number of carboxylic acid groups (broad SMARTS) is 1. The Kier molecular flexibility index (Phi) is 5.79. The molecule has 0 bridgehead atoms. The van der Waals surface area contributed by atoms with Crippen LogP contribution >= 0.6 is 0 Å². The minimum Gasteiger partial charge on any atom is -0.478 e. The van der Waals surface area contributed by atoms with E-state index >= 15 is 0 Å². The van der Waals surface area contributed by atoms with Gasteiger partial charge in [-0.15, -0.1) is 0 Å². The molecule has 2 aromatic heterocycles. The van der Waals surface area contributed by atoms with Crippen molar-refractivity contribution in [3.63, 3.8) is 0 Å². The Morgan fingerprint density at radius 1 is 0.872 bits per heavy atom. The number of amides is 1. The second-order valence-electron chi connectivity index (χ2n) is 11.3. The molecule has 2 aromatic carbocycles. The highest BCUT2D eigenvalue weighted by Crippen LogP contribution is 2.55. The Bertz CT molecular complexity index is 1660. The first-order chi connectivity index (χ1) is 18.7. The summed E-state index contributed by atoms with van der Waals surface area (Å²) in [6.45, 7) is 7.82. The van der Waals surface area contributed by atoms with Gasteiger partial charge in [-0.25, -0.2) is 9.78 Å². The van der Waals surface area contributed by atoms with Gasteiger partial charge in [-0.2, -0.15) is 0 Å². The van der Waals surface area contributed by atoms with Gasteiger partial charge in [-0.1, -0.05) is 87.0 Å². The van der Waals surface area contributed by atoms with Crippen molar-refractivity contribution in [2.75, 3.05) is 13.1 Å². The Balaban J connectivity index is 1.35. The van der Waals surface area contributed by atoms with E-state index in [0.717, 1.165) is 23.2 Å². The summed E-state index contributed by atoms with van der Waals surface area (Å²) >= 11 is 0. The van der Waals surface area contributed by atoms with Crippen molar-refractivity contribution in [1.82, 2.24) is 14.3 Å². The van der Waals surface area contributed by atoms with Crippen molar-refractivity contribution >= 4 is 23.1 Å². The molecule has 1 atom stereocenters. The van der Waals surface area contributed by atoms with Gasteiger partial charge in [0.05, 0.1) is 5.56 Å². The fourth-order valence-corrected chi connectivity index (χ4v) is 6.50. The van der Waals surface area contributed by atoms with Gasteiger partial charge in [0.1, 0.15) is 17.0 Å². The van der Waals surface area contributed by atoms with E-state index in [9.17, 15) is 14.7 Å². The monoisotopic (exact) mass is 517 g/mol. The van der Waals surface area contributed by atoms with Crippen LogP contribution in [-0.2, 0) is 0 Å². The second-order valence-corrected chi connectivity index (χ2v) is 11.3. The van der Waals surface area contributed by atoms with Crippen molar-refractivity contribution in [2.45, 2.75) is 27.2 Å². The van der Waals surface area contributed by atoms with Crippen LogP contribution in [0.3, 0.4) is 0 Å². The fourth-order valence-electron chi connectivity index (χ4n) is 6.50. The van der Waals surface area contributed by atoms with E-state index in [4.69, 9.17) is 4.98 Å². The number of hydrogen-bond acceptors (Lipinski definition) is 3. The quantitative estimate of drug-likeness (QED) is 0.310. The van der Waals surface area contributed by atoms with Crippen LogP contribution in [0, 0.1) is 10.8 Å². The molecule has 4 aromatic rings. The van der Waals surface area contributed by atoms with Crippen LogP contribution in [0.15, 0.2) is 96.7 Å². The molecule has 1 amide bonds. The summed E-state index contributed by atoms with van der Waals surface area (Å²) in [5, 5.41) is 9.29. The van der Waals surface area contributed by atoms with Crippen LogP contribution < -0.4 is 0 Å². The van der Waals surface area contributed by atoms with E-state index in [2.05, 4.69) is 32.9 Å². The lowest BCUT2D eigenvalue weighted by molar-refractivity contribution is 0.0673. The molecule has 1 aliphatic heterocycles. The molecule has 6 heteroatoms. The number of imidazole rings is 1. The first-order valence-corrected chi connectivity index (χ1v) is 13.3. The number of fused-ring (bicyclic) bond motifs is 2. The molecular formula is C33H31N3O3. The predicted molar refractivity (Wildman–Crippen MR) is 152 cm³/mol. The van der Waals surface area contributed by atoms with Gasteiger partial charge < -0.3 is 10.0 Å². The summed E-state index contributed by atoms with van der Waals surface area (Å²) in [4.78, 5) is 32.3. The van der Waals surface area contributed by atoms with Gasteiger partial charge in [-0.05, 0) is 41.8 Å². The van der Waals surface area contributed by atoms with Crippen molar-refractivity contribution in [2.24, 2.45) is 10.8 Å². The van der Waals surface area contributed by atoms with Crippen molar-refractivity contribution in [3.8, 4) is 11.3 Å². The second kappa shape index (κ2) is 9.09. The lowest BCUT2D eigenvalue weighted by Gasteiger charge is -2.50. The highest BCUT2D eigenvalue weighted by atomic mass is 16.4. The average Bonchev–Trinajstić information content (AvgIpc) is 3.32. The summed E-state index contributed by atoms with van der Waals surface area (Å²) in [6.07, 6.45) is 7.19. The highest BCUT2D eigenvalue weighted by Gasteiger charge is 2.46. The van der Waals surface area contributed by atoms with E-state index in [1.807, 2.05) is 76.2 Å². The van der Waals surface area contributed by atoms with Gasteiger partial charge in [0.15, 0.2) is 0 Å². The van der Waals surface area contributed by atoms with Gasteiger partial charge >= 0.3 is 5.97 Å². The van der Waals surface area contributed by atoms with E-state index < -0.39 is 5.97 Å². The summed E-state index contributed by atoms with van der Waals surface area (Å²) in [5.41, 5.74) is 6.31. The Hall–Kier alpha value is -4.45. The van der Waals surface area contributed by atoms with Gasteiger partial charge in [0.2, 0.25) is 0 Å². The number of carbonyl (C=O) groups excluding carboxylic acids is 1. The number of pyridine rings is 1. The predicted octanol–water partition coefficient (Wildman–Crippen LogP) is 6.60. The first kappa shape index (κ1) is 24.9. The third-order valence-corrected chi connectivity index (χ3v) is 8.32. The lowest BCUT2D eigenvalue weighted by Crippen LogP contribution is -2.49. The molecular weight excluding hydrogens is 486 g/mol. The third-order valence-electron chi connectivity index (χ3n) is 8.32. The van der Waals surface area contributed by atoms with Crippen molar-refractivity contribution < 1.29 is 14.7 Å². The van der Waals surface area contributed by atoms with Crippen LogP contribution in [0.5, 0.6) is 0 Å². The maximum Gasteiger partial charge on any atom is 0.335 e. The molecule has 0 fully saturated rings. The van der Waals surface area contributed by atoms with Crippen LogP contribution in [0.2, 0.25) is 0 Å². The molecule has 2 aliphatic rings. The van der Waals surface area contributed by atoms with Gasteiger partial charge in [0.25, 0.3) is 5.91 Å². The Morgan fingerprint density at radius 2 is 1.59 bits per heavy atom. The minimum atomic E-state index is -0.924. The zero-order valence-corrected chi connectivity index (χ0v) is 22.4. The zero-order valence-electron chi connectivity index (χ0n) is 22.4. The summed E-state index contributed by atoms with van der Waals surface area (Å²) in [6, 6.07) is 22.8. The Morgan fingerprint density at radius 3 is 2.31 bits per heavy atom. The summed E-state index contributed by atoms with van der Waals surface area (Å²) < 4.78 is 1.90. The summed E-state index contributed by atoms with van der Waals surface area (Å²) in [7, 11) is 0. The van der Waals surface area contributed by atoms with Gasteiger partial charge in [0, 0.05) is 35.7 Å². The molecule has 39 heavy (non-hydrogen) atoms. The average molecular weight is 518 g/mol. The first-order valence-electron chi connectivity index (χ1n) is 13.3. The van der Waals surface area contributed by atoms with E-state index in [-0.39, 0.29) is 22.3 Å². The number of benzene rings is 2. The van der Waals surface area contributed by atoms with E-state index in [1.165, 1.54) is 11.1 Å². The minimum absolute atomic E-state index is 0.0269. The number of aromatic nitrogens is 2. The maximum absolute atomic E-state index is 14.2. The normalized spacial score (nSPS) is 20.2. The van der Waals surface area contributed by atoms with Gasteiger partial charge in [-0.3, -0.25) is 9.20 Å². The molecule has 0 saturated carbocycles. The molecule has 0 unspecified atom stereocenters. The number of hydrogen-bond donors (Lipinski definition) is 1. The molecule has 196 valence electrons. The number of nitrogens with zero attached hydrogens (tertiary/aromatic N) is 3. The number of rotatable bonds is 4. The molecule has 0 spiro atoms. The Labute approximate surface area is 227 Å². The lowest BCUT2D eigenvalue weighted by atomic mass is 9.58. The number of carbonyl (C=O) groups is 2. The standard InChI is InChI=1S/C33H31N3O3/c1-32(2)25(22-12-14-24(15-13-22)31(38)39)16-18-33(3)21-35(20-17-26(32)33)30(37)29-28(23-9-5-4-6-10-23)34-27-11-7-8-19-36(27)29/h4-17,19H,18,20-21H2,1-3H3,(H,38,39)/t33-/m1/s1. The van der Waals surface area contributed by atoms with Crippen LogP contribution in [-0.4, -0.2) is 44.4 Å². The smallest absolute Gasteiger partial charge is 0.335 e. The summed E-state index contributed by atoms with van der Waals surface area (Å²) in [5.74, 6) is -0.951. The molecule has 1 aliphatic carbocycles. The highest BCUT2D eigenvalue weighted by molar-refractivity contribution is 6.00. The molecule has 3 heterocycles. The topological polar surface area (TPSA) is 74.9 Å². The van der Waals surface area contributed by atoms with Crippen LogP contribution in [0.25, 0.3) is 22.5 Å². The number of aromatic carboxylic acids is 1. The number of carboxylic acids is 1. The number of allylic oxidation sites excluding steroid dienone is 2. The molecule has 0 saturated heterocycles. The molecule has 6 rings (SSSR count). The zero-order chi connectivity index (χ0) is 27.4. The fraction of sp³-hybridized carbons (Fsp3) is 0.242.